The van der Waals surface area contributed by atoms with Gasteiger partial charge in [-0.2, -0.15) is 0 Å². The van der Waals surface area contributed by atoms with Gasteiger partial charge < -0.3 is 15.0 Å². The van der Waals surface area contributed by atoms with Crippen molar-refractivity contribution < 1.29 is 9.53 Å². The Labute approximate surface area is 171 Å². The van der Waals surface area contributed by atoms with Crippen molar-refractivity contribution >= 4 is 23.0 Å². The van der Waals surface area contributed by atoms with Gasteiger partial charge in [-0.05, 0) is 68.7 Å². The van der Waals surface area contributed by atoms with Crippen molar-refractivity contribution in [3.63, 3.8) is 0 Å². The van der Waals surface area contributed by atoms with E-state index in [9.17, 15) is 4.79 Å². The van der Waals surface area contributed by atoms with Crippen LogP contribution < -0.4 is 15.0 Å². The number of ether oxygens (including phenoxy) is 1. The average molecular weight is 387 g/mol. The lowest BCUT2D eigenvalue weighted by atomic mass is 10.0. The second kappa shape index (κ2) is 8.35. The lowest BCUT2D eigenvalue weighted by Crippen LogP contribution is -2.25. The molecular formula is C24H25N3O2. The molecule has 3 aromatic rings. The monoisotopic (exact) mass is 387 g/mol. The minimum atomic E-state index is -0.179. The molecular weight excluding hydrogens is 362 g/mol. The van der Waals surface area contributed by atoms with Gasteiger partial charge in [0.1, 0.15) is 5.75 Å². The molecule has 1 N–H and O–H groups in total. The molecule has 148 valence electrons. The first-order chi connectivity index (χ1) is 14.1. The predicted molar refractivity (Wildman–Crippen MR) is 116 cm³/mol. The summed E-state index contributed by atoms with van der Waals surface area (Å²) in [6.07, 6.45) is 5.70. The van der Waals surface area contributed by atoms with E-state index in [4.69, 9.17) is 4.74 Å². The third-order valence-electron chi connectivity index (χ3n) is 4.89. The first-order valence-electron chi connectivity index (χ1n) is 9.99. The summed E-state index contributed by atoms with van der Waals surface area (Å²) in [7, 11) is 0. The number of carbonyl (C=O) groups excluding carboxylic acids is 1. The van der Waals surface area contributed by atoms with E-state index >= 15 is 0 Å². The van der Waals surface area contributed by atoms with Crippen molar-refractivity contribution in [3.05, 3.63) is 78.1 Å². The fraction of sp³-hybridized carbons (Fsp3) is 0.250. The Kier molecular flexibility index (Phi) is 5.47. The molecule has 1 aliphatic rings. The minimum absolute atomic E-state index is 0.115. The number of aryl methyl sites for hydroxylation is 1. The molecule has 4 rings (SSSR count). The molecule has 0 fully saturated rings. The number of rotatable bonds is 5. The van der Waals surface area contributed by atoms with Gasteiger partial charge in [0.25, 0.3) is 5.91 Å². The lowest BCUT2D eigenvalue weighted by molar-refractivity contribution is 0.102. The molecule has 0 spiro atoms. The van der Waals surface area contributed by atoms with E-state index in [1.165, 1.54) is 11.3 Å². The van der Waals surface area contributed by atoms with E-state index in [1.807, 2.05) is 56.4 Å². The maximum Gasteiger partial charge on any atom is 0.257 e. The van der Waals surface area contributed by atoms with Crippen LogP contribution in [-0.4, -0.2) is 23.5 Å². The van der Waals surface area contributed by atoms with Gasteiger partial charge in [-0.15, -0.1) is 0 Å². The Bertz CT molecular complexity index is 999. The molecule has 1 amide bonds. The molecule has 29 heavy (non-hydrogen) atoms. The molecule has 0 saturated carbocycles. The summed E-state index contributed by atoms with van der Waals surface area (Å²) in [5, 5.41) is 2.94. The number of carbonyl (C=O) groups is 1. The molecule has 1 aromatic heterocycles. The van der Waals surface area contributed by atoms with Crippen LogP contribution in [0.1, 0.15) is 36.2 Å². The Morgan fingerprint density at radius 2 is 1.90 bits per heavy atom. The highest BCUT2D eigenvalue weighted by Crippen LogP contribution is 2.33. The van der Waals surface area contributed by atoms with Crippen molar-refractivity contribution in [1.29, 1.82) is 0 Å². The van der Waals surface area contributed by atoms with Crippen LogP contribution in [0.15, 0.2) is 67.0 Å². The molecule has 1 aliphatic heterocycles. The number of para-hydroxylation sites is 1. The van der Waals surface area contributed by atoms with E-state index in [0.717, 1.165) is 36.5 Å². The topological polar surface area (TPSA) is 54.5 Å². The Morgan fingerprint density at radius 3 is 2.69 bits per heavy atom. The Morgan fingerprint density at radius 1 is 1.10 bits per heavy atom. The third-order valence-corrected chi connectivity index (χ3v) is 4.89. The molecule has 2 heterocycles. The van der Waals surface area contributed by atoms with Crippen LogP contribution in [0.25, 0.3) is 0 Å². The van der Waals surface area contributed by atoms with Crippen LogP contribution in [0.5, 0.6) is 5.75 Å². The first-order valence-corrected chi connectivity index (χ1v) is 9.99. The largest absolute Gasteiger partial charge is 0.491 e. The van der Waals surface area contributed by atoms with Gasteiger partial charge in [0.15, 0.2) is 0 Å². The minimum Gasteiger partial charge on any atom is -0.491 e. The van der Waals surface area contributed by atoms with Crippen molar-refractivity contribution in [2.24, 2.45) is 0 Å². The number of amides is 1. The number of pyridine rings is 1. The van der Waals surface area contributed by atoms with Crippen LogP contribution in [-0.2, 0) is 6.42 Å². The molecule has 2 aromatic carbocycles. The lowest BCUT2D eigenvalue weighted by Gasteiger charge is -2.31. The van der Waals surface area contributed by atoms with Gasteiger partial charge in [-0.25, -0.2) is 0 Å². The summed E-state index contributed by atoms with van der Waals surface area (Å²) in [6.45, 7) is 4.88. The fourth-order valence-electron chi connectivity index (χ4n) is 3.59. The van der Waals surface area contributed by atoms with Gasteiger partial charge >= 0.3 is 0 Å². The average Bonchev–Trinajstić information content (AvgIpc) is 2.74. The Hall–Kier alpha value is -3.34. The van der Waals surface area contributed by atoms with Gasteiger partial charge in [-0.3, -0.25) is 9.78 Å². The highest BCUT2D eigenvalue weighted by molar-refractivity contribution is 6.04. The Balaban J connectivity index is 1.51. The van der Waals surface area contributed by atoms with Crippen molar-refractivity contribution in [2.45, 2.75) is 32.8 Å². The van der Waals surface area contributed by atoms with Crippen molar-refractivity contribution in [1.82, 2.24) is 4.98 Å². The number of aromatic nitrogens is 1. The number of hydrogen-bond donors (Lipinski definition) is 1. The summed E-state index contributed by atoms with van der Waals surface area (Å²) in [4.78, 5) is 19.3. The third kappa shape index (κ3) is 4.40. The molecule has 0 saturated heterocycles. The number of nitrogens with one attached hydrogen (secondary N) is 1. The van der Waals surface area contributed by atoms with Crippen LogP contribution >= 0.6 is 0 Å². The van der Waals surface area contributed by atoms with Gasteiger partial charge in [0.2, 0.25) is 0 Å². The fourth-order valence-corrected chi connectivity index (χ4v) is 3.59. The molecule has 5 nitrogen and oxygen atoms in total. The van der Waals surface area contributed by atoms with Crippen molar-refractivity contribution in [2.75, 3.05) is 16.8 Å². The molecule has 0 radical (unpaired) electrons. The van der Waals surface area contributed by atoms with Gasteiger partial charge in [0, 0.05) is 24.1 Å². The second-order valence-corrected chi connectivity index (χ2v) is 7.46. The zero-order valence-electron chi connectivity index (χ0n) is 16.8. The molecule has 0 unspecified atom stereocenters. The molecule has 5 heteroatoms. The van der Waals surface area contributed by atoms with Gasteiger partial charge in [0.05, 0.1) is 23.6 Å². The number of hydrogen-bond acceptors (Lipinski definition) is 4. The summed E-state index contributed by atoms with van der Waals surface area (Å²) in [5.74, 6) is 0.604. The number of benzene rings is 2. The maximum atomic E-state index is 12.8. The summed E-state index contributed by atoms with van der Waals surface area (Å²) < 4.78 is 5.64. The van der Waals surface area contributed by atoms with E-state index in [-0.39, 0.29) is 12.0 Å². The standard InChI is InChI=1S/C24H25N3O2/c1-17(2)29-22-11-9-20(10-12-22)26-24(28)19-14-21(16-25-15-19)27-13-5-7-18-6-3-4-8-23(18)27/h3-4,6,8-12,14-17H,5,7,13H2,1-2H3,(H,26,28). The SMILES string of the molecule is CC(C)Oc1ccc(NC(=O)c2cncc(N3CCCc4ccccc43)c2)cc1. The van der Waals surface area contributed by atoms with Crippen LogP contribution in [0.2, 0.25) is 0 Å². The summed E-state index contributed by atoms with van der Waals surface area (Å²) in [5.41, 5.74) is 4.72. The van der Waals surface area contributed by atoms with Gasteiger partial charge in [-0.1, -0.05) is 18.2 Å². The summed E-state index contributed by atoms with van der Waals surface area (Å²) >= 11 is 0. The summed E-state index contributed by atoms with van der Waals surface area (Å²) in [6, 6.07) is 17.7. The van der Waals surface area contributed by atoms with E-state index < -0.39 is 0 Å². The van der Waals surface area contributed by atoms with E-state index in [0.29, 0.717) is 5.56 Å². The van der Waals surface area contributed by atoms with E-state index in [2.05, 4.69) is 33.4 Å². The normalized spacial score (nSPS) is 13.1. The van der Waals surface area contributed by atoms with Crippen LogP contribution in [0.3, 0.4) is 0 Å². The highest BCUT2D eigenvalue weighted by Gasteiger charge is 2.19. The zero-order chi connectivity index (χ0) is 20.2. The molecule has 0 atom stereocenters. The predicted octanol–water partition coefficient (Wildman–Crippen LogP) is 5.21. The maximum absolute atomic E-state index is 12.8. The quantitative estimate of drug-likeness (QED) is 0.653. The number of nitrogens with zero attached hydrogens (tertiary/aromatic N) is 2. The highest BCUT2D eigenvalue weighted by atomic mass is 16.5. The number of anilines is 3. The first kappa shape index (κ1) is 19.0. The second-order valence-electron chi connectivity index (χ2n) is 7.46. The van der Waals surface area contributed by atoms with Crippen LogP contribution in [0, 0.1) is 0 Å². The van der Waals surface area contributed by atoms with Crippen LogP contribution in [0.4, 0.5) is 17.1 Å². The van der Waals surface area contributed by atoms with Crippen molar-refractivity contribution in [3.8, 4) is 5.75 Å². The zero-order valence-corrected chi connectivity index (χ0v) is 16.8. The smallest absolute Gasteiger partial charge is 0.257 e. The molecule has 0 aliphatic carbocycles. The van der Waals surface area contributed by atoms with E-state index in [1.54, 1.807) is 6.20 Å². The number of fused-ring (bicyclic) bond motifs is 1. The molecule has 0 bridgehead atoms.